The van der Waals surface area contributed by atoms with Crippen molar-refractivity contribution in [1.29, 1.82) is 0 Å². The lowest BCUT2D eigenvalue weighted by Crippen LogP contribution is -2.37. The minimum absolute atomic E-state index is 0.703. The number of hydrogen-bond donors (Lipinski definition) is 2. The number of fused-ring (bicyclic) bond motifs is 5. The predicted octanol–water partition coefficient (Wildman–Crippen LogP) is 8.33. The summed E-state index contributed by atoms with van der Waals surface area (Å²) < 4.78 is 2.44. The molecule has 192 valence electrons. The van der Waals surface area contributed by atoms with E-state index in [4.69, 9.17) is 10.7 Å². The minimum atomic E-state index is -0.713. The van der Waals surface area contributed by atoms with Gasteiger partial charge in [-0.05, 0) is 52.7 Å². The zero-order chi connectivity index (χ0) is 26.7. The summed E-state index contributed by atoms with van der Waals surface area (Å²) in [6.45, 7) is 0.704. The van der Waals surface area contributed by atoms with Crippen LogP contribution in [0.15, 0.2) is 132 Å². The number of nitrogens with two attached hydrogens (primary N) is 1. The molecule has 40 heavy (non-hydrogen) atoms. The van der Waals surface area contributed by atoms with E-state index in [0.29, 0.717) is 13.0 Å². The largest absolute Gasteiger partial charge is 0.355 e. The Morgan fingerprint density at radius 1 is 0.750 bits per heavy atom. The van der Waals surface area contributed by atoms with Gasteiger partial charge in [-0.1, -0.05) is 91.0 Å². The third kappa shape index (κ3) is 3.54. The van der Waals surface area contributed by atoms with Gasteiger partial charge in [-0.15, -0.1) is 0 Å². The van der Waals surface area contributed by atoms with E-state index < -0.39 is 5.66 Å². The van der Waals surface area contributed by atoms with Gasteiger partial charge in [0, 0.05) is 39.7 Å². The lowest BCUT2D eigenvalue weighted by molar-refractivity contribution is 0.559. The first kappa shape index (κ1) is 23.0. The maximum Gasteiger partial charge on any atom is 0.131 e. The molecule has 1 atom stereocenters. The number of nitrogens with one attached hydrogen (secondary N) is 1. The summed E-state index contributed by atoms with van der Waals surface area (Å²) in [5.74, 6) is 0. The number of rotatable bonds is 4. The smallest absolute Gasteiger partial charge is 0.131 e. The molecule has 0 unspecified atom stereocenters. The molecule has 4 nitrogen and oxygen atoms in total. The second-order valence-corrected chi connectivity index (χ2v) is 10.7. The Bertz CT molecular complexity index is 2040. The van der Waals surface area contributed by atoms with Gasteiger partial charge in [0.05, 0.1) is 23.3 Å². The van der Waals surface area contributed by atoms with Crippen molar-refractivity contribution in [1.82, 2.24) is 4.57 Å². The van der Waals surface area contributed by atoms with E-state index in [2.05, 4.69) is 113 Å². The maximum absolute atomic E-state index is 6.73. The van der Waals surface area contributed by atoms with Crippen LogP contribution in [0.25, 0.3) is 43.7 Å². The normalized spacial score (nSPS) is 18.9. The molecular weight excluding hydrogens is 488 g/mol. The summed E-state index contributed by atoms with van der Waals surface area (Å²) in [7, 11) is 0. The van der Waals surface area contributed by atoms with Crippen molar-refractivity contribution < 1.29 is 0 Å². The Morgan fingerprint density at radius 3 is 2.42 bits per heavy atom. The van der Waals surface area contributed by atoms with Gasteiger partial charge in [-0.25, -0.2) is 0 Å². The first-order valence-corrected chi connectivity index (χ1v) is 13.8. The van der Waals surface area contributed by atoms with Gasteiger partial charge in [0.25, 0.3) is 0 Å². The highest BCUT2D eigenvalue weighted by molar-refractivity contribution is 6.31. The number of para-hydroxylation sites is 2. The highest BCUT2D eigenvalue weighted by Crippen LogP contribution is 2.45. The fraction of sp³-hybridized carbons (Fsp3) is 0.0833. The second kappa shape index (κ2) is 8.80. The number of benzene rings is 5. The summed E-state index contributed by atoms with van der Waals surface area (Å²) in [6.07, 6.45) is 8.85. The Hall–Kier alpha value is -4.93. The second-order valence-electron chi connectivity index (χ2n) is 10.7. The average molecular weight is 517 g/mol. The summed E-state index contributed by atoms with van der Waals surface area (Å²) in [6, 6.07) is 36.6. The van der Waals surface area contributed by atoms with Crippen LogP contribution in [0.4, 0.5) is 11.4 Å². The monoisotopic (exact) mass is 516 g/mol. The number of hydrogen-bond acceptors (Lipinski definition) is 3. The molecule has 0 saturated heterocycles. The van der Waals surface area contributed by atoms with Crippen LogP contribution in [0.3, 0.4) is 0 Å². The van der Waals surface area contributed by atoms with E-state index in [1.807, 2.05) is 24.3 Å². The van der Waals surface area contributed by atoms with Crippen molar-refractivity contribution in [3.8, 4) is 11.1 Å². The molecule has 1 aliphatic heterocycles. The lowest BCUT2D eigenvalue weighted by atomic mass is 9.93. The minimum Gasteiger partial charge on any atom is -0.355 e. The van der Waals surface area contributed by atoms with Crippen LogP contribution in [-0.4, -0.2) is 15.9 Å². The van der Waals surface area contributed by atoms with E-state index in [1.54, 1.807) is 0 Å². The molecule has 5 aromatic carbocycles. The quantitative estimate of drug-likeness (QED) is 0.247. The zero-order valence-electron chi connectivity index (χ0n) is 22.0. The van der Waals surface area contributed by atoms with Crippen molar-refractivity contribution in [3.63, 3.8) is 0 Å². The van der Waals surface area contributed by atoms with E-state index in [0.717, 1.165) is 17.1 Å². The fourth-order valence-corrected chi connectivity index (χ4v) is 6.42. The maximum atomic E-state index is 6.73. The van der Waals surface area contributed by atoms with E-state index in [1.165, 1.54) is 49.3 Å². The molecular formula is C36H28N4. The summed E-state index contributed by atoms with van der Waals surface area (Å²) in [5.41, 5.74) is 15.3. The molecule has 8 rings (SSSR count). The number of aliphatic imine (C=N–C) groups is 1. The summed E-state index contributed by atoms with van der Waals surface area (Å²) >= 11 is 0. The molecule has 0 bridgehead atoms. The van der Waals surface area contributed by atoms with Crippen LogP contribution in [0.1, 0.15) is 12.0 Å². The number of aromatic nitrogens is 1. The molecule has 6 aromatic rings. The Balaban J connectivity index is 1.41. The fourth-order valence-electron chi connectivity index (χ4n) is 6.42. The Kier molecular flexibility index (Phi) is 5.06. The van der Waals surface area contributed by atoms with Gasteiger partial charge in [0.15, 0.2) is 0 Å². The molecule has 0 fully saturated rings. The highest BCUT2D eigenvalue weighted by Gasteiger charge is 2.30. The van der Waals surface area contributed by atoms with E-state index in [-0.39, 0.29) is 0 Å². The van der Waals surface area contributed by atoms with Gasteiger partial charge in [-0.3, -0.25) is 4.99 Å². The predicted molar refractivity (Wildman–Crippen MR) is 168 cm³/mol. The van der Waals surface area contributed by atoms with Gasteiger partial charge in [-0.2, -0.15) is 0 Å². The molecule has 1 aliphatic carbocycles. The third-order valence-electron chi connectivity index (χ3n) is 8.18. The van der Waals surface area contributed by atoms with Gasteiger partial charge >= 0.3 is 0 Å². The van der Waals surface area contributed by atoms with Crippen LogP contribution in [0.5, 0.6) is 0 Å². The molecule has 3 N–H and O–H groups in total. The SMILES string of the molecule is N[C@]1(N=C2Cn3c4cccc(-c5ccccc5Nc5ccccc5)c4c4c5ccccc5cc2c43)C=CC=CC1. The molecule has 4 heteroatoms. The molecule has 0 spiro atoms. The molecule has 0 radical (unpaired) electrons. The zero-order valence-corrected chi connectivity index (χ0v) is 22.0. The molecule has 2 aliphatic rings. The van der Waals surface area contributed by atoms with Crippen LogP contribution in [0, 0.1) is 0 Å². The Morgan fingerprint density at radius 2 is 1.55 bits per heavy atom. The molecule has 1 aromatic heterocycles. The molecule has 0 saturated carbocycles. The van der Waals surface area contributed by atoms with Crippen LogP contribution in [-0.2, 0) is 6.54 Å². The standard InChI is InChI=1S/C36H28N4/c37-36(20-9-2-10-21-36)39-31-23-40-32-19-11-17-28(27-16-7-8-18-30(27)38-25-13-3-1-4-14-25)33(32)34-26-15-6-5-12-24(26)22-29(31)35(34)40/h1-20,22,38H,21,23,37H2/t36-/m0/s1. The van der Waals surface area contributed by atoms with Crippen LogP contribution < -0.4 is 11.1 Å². The van der Waals surface area contributed by atoms with Gasteiger partial charge < -0.3 is 15.6 Å². The number of allylic oxidation sites excluding steroid dienone is 2. The van der Waals surface area contributed by atoms with Crippen LogP contribution in [0.2, 0.25) is 0 Å². The third-order valence-corrected chi connectivity index (χ3v) is 8.18. The van der Waals surface area contributed by atoms with E-state index >= 15 is 0 Å². The van der Waals surface area contributed by atoms with Crippen molar-refractivity contribution in [3.05, 3.63) is 133 Å². The van der Waals surface area contributed by atoms with E-state index in [9.17, 15) is 0 Å². The number of nitrogens with zero attached hydrogens (tertiary/aromatic N) is 2. The van der Waals surface area contributed by atoms with Crippen LogP contribution >= 0.6 is 0 Å². The van der Waals surface area contributed by atoms with Crippen molar-refractivity contribution >= 4 is 49.7 Å². The Labute approximate surface area is 232 Å². The van der Waals surface area contributed by atoms with Gasteiger partial charge in [0.1, 0.15) is 5.66 Å². The topological polar surface area (TPSA) is 55.3 Å². The summed E-state index contributed by atoms with van der Waals surface area (Å²) in [5, 5.41) is 8.69. The summed E-state index contributed by atoms with van der Waals surface area (Å²) in [4.78, 5) is 5.16. The van der Waals surface area contributed by atoms with Crippen molar-refractivity contribution in [2.24, 2.45) is 10.7 Å². The first-order valence-electron chi connectivity index (χ1n) is 13.8. The van der Waals surface area contributed by atoms with Crippen molar-refractivity contribution in [2.45, 2.75) is 18.6 Å². The lowest BCUT2D eigenvalue weighted by Gasteiger charge is -2.23. The average Bonchev–Trinajstić information content (AvgIpc) is 3.51. The number of anilines is 2. The highest BCUT2D eigenvalue weighted by atomic mass is 15.1. The molecule has 0 amide bonds. The van der Waals surface area contributed by atoms with Crippen molar-refractivity contribution in [2.75, 3.05) is 5.32 Å². The first-order chi connectivity index (χ1) is 19.7. The van der Waals surface area contributed by atoms with Gasteiger partial charge in [0.2, 0.25) is 0 Å². The molecule has 2 heterocycles.